The number of aromatic amines is 1. The van der Waals surface area contributed by atoms with E-state index in [-0.39, 0.29) is 23.4 Å². The lowest BCUT2D eigenvalue weighted by molar-refractivity contribution is 0.0519. The Hall–Kier alpha value is -3.04. The predicted octanol–water partition coefficient (Wildman–Crippen LogP) is 2.13. The number of H-pyrrole nitrogens is 1. The van der Waals surface area contributed by atoms with E-state index in [0.29, 0.717) is 16.8 Å². The number of esters is 1. The molecule has 1 aromatic rings. The van der Waals surface area contributed by atoms with Crippen molar-refractivity contribution in [1.29, 1.82) is 15.8 Å². The van der Waals surface area contributed by atoms with Crippen molar-refractivity contribution in [3.63, 3.8) is 0 Å². The second-order valence-corrected chi connectivity index (χ2v) is 3.93. The summed E-state index contributed by atoms with van der Waals surface area (Å²) in [4.78, 5) is 14.6. The van der Waals surface area contributed by atoms with Gasteiger partial charge >= 0.3 is 5.97 Å². The first-order valence-electron chi connectivity index (χ1n) is 5.82. The van der Waals surface area contributed by atoms with Crippen LogP contribution in [0.1, 0.15) is 34.2 Å². The third-order valence-electron chi connectivity index (χ3n) is 2.75. The van der Waals surface area contributed by atoms with Crippen LogP contribution >= 0.6 is 0 Å². The molecule has 0 aromatic carbocycles. The van der Waals surface area contributed by atoms with Crippen LogP contribution in [0, 0.1) is 47.8 Å². The number of hydrogen-bond acceptors (Lipinski definition) is 5. The second kappa shape index (κ2) is 6.22. The lowest BCUT2D eigenvalue weighted by Gasteiger charge is -2.02. The summed E-state index contributed by atoms with van der Waals surface area (Å²) in [5.74, 6) is -0.535. The Balaban J connectivity index is 3.55. The first kappa shape index (κ1) is 15.0. The Kier molecular flexibility index (Phi) is 4.67. The summed E-state index contributed by atoms with van der Waals surface area (Å²) >= 11 is 0. The van der Waals surface area contributed by atoms with Gasteiger partial charge in [0.25, 0.3) is 0 Å². The van der Waals surface area contributed by atoms with Gasteiger partial charge in [-0.2, -0.15) is 15.8 Å². The van der Waals surface area contributed by atoms with Crippen molar-refractivity contribution < 1.29 is 9.53 Å². The fourth-order valence-electron chi connectivity index (χ4n) is 1.91. The minimum Gasteiger partial charge on any atom is -0.461 e. The number of carbonyl (C=O) groups excluding carboxylic acids is 1. The van der Waals surface area contributed by atoms with Crippen molar-refractivity contribution in [2.24, 2.45) is 0 Å². The summed E-state index contributed by atoms with van der Waals surface area (Å²) in [7, 11) is 0. The van der Waals surface area contributed by atoms with Crippen LogP contribution in [0.4, 0.5) is 0 Å². The zero-order chi connectivity index (χ0) is 15.3. The van der Waals surface area contributed by atoms with E-state index in [1.165, 1.54) is 0 Å². The Morgan fingerprint density at radius 1 is 1.20 bits per heavy atom. The van der Waals surface area contributed by atoms with Gasteiger partial charge in [-0.25, -0.2) is 4.79 Å². The van der Waals surface area contributed by atoms with E-state index in [2.05, 4.69) is 4.98 Å². The largest absolute Gasteiger partial charge is 0.461 e. The summed E-state index contributed by atoms with van der Waals surface area (Å²) in [5.41, 5.74) is 1.31. The van der Waals surface area contributed by atoms with Gasteiger partial charge in [-0.15, -0.1) is 0 Å². The maximum absolute atomic E-state index is 11.8. The molecule has 6 heteroatoms. The number of hydrogen-bond donors (Lipinski definition) is 1. The van der Waals surface area contributed by atoms with Crippen LogP contribution in [0.25, 0.3) is 5.57 Å². The predicted molar refractivity (Wildman–Crippen MR) is 70.0 cm³/mol. The van der Waals surface area contributed by atoms with Crippen LogP contribution in [0.5, 0.6) is 0 Å². The van der Waals surface area contributed by atoms with Gasteiger partial charge in [0.2, 0.25) is 0 Å². The second-order valence-electron chi connectivity index (χ2n) is 3.93. The maximum atomic E-state index is 11.8. The van der Waals surface area contributed by atoms with Gasteiger partial charge in [-0.05, 0) is 26.3 Å². The highest BCUT2D eigenvalue weighted by molar-refractivity contribution is 5.94. The molecule has 0 saturated heterocycles. The molecular weight excluding hydrogens is 256 g/mol. The number of rotatable bonds is 3. The van der Waals surface area contributed by atoms with Gasteiger partial charge in [0, 0.05) is 11.3 Å². The van der Waals surface area contributed by atoms with Crippen LogP contribution < -0.4 is 0 Å². The van der Waals surface area contributed by atoms with Crippen molar-refractivity contribution in [3.05, 3.63) is 28.1 Å². The molecule has 100 valence electrons. The molecule has 0 amide bonds. The number of nitrogens with zero attached hydrogens (tertiary/aromatic N) is 3. The number of nitriles is 3. The Morgan fingerprint density at radius 3 is 2.25 bits per heavy atom. The van der Waals surface area contributed by atoms with Crippen LogP contribution in [0.3, 0.4) is 0 Å². The summed E-state index contributed by atoms with van der Waals surface area (Å²) < 4.78 is 4.90. The molecule has 1 N–H and O–H groups in total. The highest BCUT2D eigenvalue weighted by atomic mass is 16.5. The molecule has 0 unspecified atom stereocenters. The molecule has 0 aliphatic rings. The molecular formula is C14H12N4O2. The van der Waals surface area contributed by atoms with Gasteiger partial charge in [-0.3, -0.25) is 0 Å². The SMILES string of the molecule is CCOC(=O)c1[nH]c(C)c(C(C#N)=C(C#N)C#N)c1C. The van der Waals surface area contributed by atoms with Gasteiger partial charge in [0.05, 0.1) is 12.2 Å². The molecule has 1 heterocycles. The lowest BCUT2D eigenvalue weighted by Crippen LogP contribution is -2.06. The first-order chi connectivity index (χ1) is 9.51. The topological polar surface area (TPSA) is 113 Å². The number of carbonyl (C=O) groups is 1. The standard InChI is InChI=1S/C14H12N4O2/c1-4-20-14(19)13-8(2)12(9(3)18-13)11(7-17)10(5-15)6-16/h18H,4H2,1-3H3. The average Bonchev–Trinajstić information content (AvgIpc) is 2.72. The van der Waals surface area contributed by atoms with E-state index in [9.17, 15) is 10.1 Å². The van der Waals surface area contributed by atoms with Crippen molar-refractivity contribution in [2.45, 2.75) is 20.8 Å². The molecule has 20 heavy (non-hydrogen) atoms. The zero-order valence-electron chi connectivity index (χ0n) is 11.4. The minimum absolute atomic E-state index is 0.0446. The molecule has 0 spiro atoms. The number of aromatic nitrogens is 1. The molecule has 1 aromatic heterocycles. The Labute approximate surface area is 116 Å². The number of nitrogens with one attached hydrogen (secondary N) is 1. The van der Waals surface area contributed by atoms with Crippen molar-refractivity contribution in [1.82, 2.24) is 4.98 Å². The summed E-state index contributed by atoms with van der Waals surface area (Å²) in [6, 6.07) is 5.22. The molecule has 0 saturated carbocycles. The fourth-order valence-corrected chi connectivity index (χ4v) is 1.91. The van der Waals surface area contributed by atoms with Gasteiger partial charge in [0.1, 0.15) is 29.5 Å². The highest BCUT2D eigenvalue weighted by Gasteiger charge is 2.22. The molecule has 0 aliphatic heterocycles. The molecule has 0 radical (unpaired) electrons. The average molecular weight is 268 g/mol. The summed E-state index contributed by atoms with van der Waals surface area (Å²) in [6.45, 7) is 5.21. The number of ether oxygens (including phenoxy) is 1. The summed E-state index contributed by atoms with van der Waals surface area (Å²) in [6.07, 6.45) is 0. The van der Waals surface area contributed by atoms with Crippen LogP contribution in [-0.2, 0) is 4.74 Å². The monoisotopic (exact) mass is 268 g/mol. The van der Waals surface area contributed by atoms with E-state index in [0.717, 1.165) is 0 Å². The van der Waals surface area contributed by atoms with Crippen molar-refractivity contribution in [3.8, 4) is 18.2 Å². The van der Waals surface area contributed by atoms with E-state index < -0.39 is 5.97 Å². The van der Waals surface area contributed by atoms with E-state index in [1.807, 2.05) is 6.07 Å². The normalized spacial score (nSPS) is 9.00. The Morgan fingerprint density at radius 2 is 1.80 bits per heavy atom. The molecule has 6 nitrogen and oxygen atoms in total. The van der Waals surface area contributed by atoms with Gasteiger partial charge in [0.15, 0.2) is 0 Å². The van der Waals surface area contributed by atoms with Crippen LogP contribution in [0.15, 0.2) is 5.57 Å². The minimum atomic E-state index is -0.535. The zero-order valence-corrected chi connectivity index (χ0v) is 11.4. The maximum Gasteiger partial charge on any atom is 0.355 e. The number of aryl methyl sites for hydroxylation is 1. The van der Waals surface area contributed by atoms with Gasteiger partial charge < -0.3 is 9.72 Å². The van der Waals surface area contributed by atoms with Crippen molar-refractivity contribution >= 4 is 11.5 Å². The molecule has 0 atom stereocenters. The smallest absolute Gasteiger partial charge is 0.355 e. The quantitative estimate of drug-likeness (QED) is 0.666. The molecule has 0 bridgehead atoms. The van der Waals surface area contributed by atoms with Crippen molar-refractivity contribution in [2.75, 3.05) is 6.61 Å². The molecule has 0 fully saturated rings. The van der Waals surface area contributed by atoms with E-state index in [4.69, 9.17) is 15.3 Å². The fraction of sp³-hybridized carbons (Fsp3) is 0.286. The lowest BCUT2D eigenvalue weighted by atomic mass is 9.98. The Bertz CT molecular complexity index is 689. The summed E-state index contributed by atoms with van der Waals surface area (Å²) in [5, 5.41) is 26.9. The van der Waals surface area contributed by atoms with E-state index in [1.54, 1.807) is 32.9 Å². The first-order valence-corrected chi connectivity index (χ1v) is 5.82. The third-order valence-corrected chi connectivity index (χ3v) is 2.75. The van der Waals surface area contributed by atoms with Crippen LogP contribution in [0.2, 0.25) is 0 Å². The van der Waals surface area contributed by atoms with E-state index >= 15 is 0 Å². The molecule has 1 rings (SSSR count). The van der Waals surface area contributed by atoms with Gasteiger partial charge in [-0.1, -0.05) is 0 Å². The number of allylic oxidation sites excluding steroid dienone is 2. The molecule has 0 aliphatic carbocycles. The highest BCUT2D eigenvalue weighted by Crippen LogP contribution is 2.27. The third kappa shape index (κ3) is 2.53. The van der Waals surface area contributed by atoms with Crippen LogP contribution in [-0.4, -0.2) is 17.6 Å².